The monoisotopic (exact) mass is 374 g/mol. The Balaban J connectivity index is 1.66. The summed E-state index contributed by atoms with van der Waals surface area (Å²) in [7, 11) is 3.22. The Hall–Kier alpha value is -2.24. The number of nitrogens with one attached hydrogen (secondary N) is 2. The first-order valence-corrected chi connectivity index (χ1v) is 9.92. The van der Waals surface area contributed by atoms with E-state index in [0.717, 1.165) is 38.2 Å². The minimum atomic E-state index is -0.239. The van der Waals surface area contributed by atoms with Crippen molar-refractivity contribution in [3.05, 3.63) is 35.4 Å². The Morgan fingerprint density at radius 1 is 1.26 bits per heavy atom. The highest BCUT2D eigenvalue weighted by molar-refractivity contribution is 5.80. The average molecular weight is 375 g/mol. The van der Waals surface area contributed by atoms with Crippen molar-refractivity contribution in [2.45, 2.75) is 51.5 Å². The van der Waals surface area contributed by atoms with Crippen LogP contribution in [0.4, 0.5) is 4.79 Å². The van der Waals surface area contributed by atoms with Crippen LogP contribution < -0.4 is 10.6 Å². The van der Waals surface area contributed by atoms with Crippen molar-refractivity contribution in [3.8, 4) is 0 Å². The number of ether oxygens (including phenoxy) is 1. The van der Waals surface area contributed by atoms with E-state index in [1.54, 1.807) is 11.9 Å². The minimum absolute atomic E-state index is 0.239. The van der Waals surface area contributed by atoms with Gasteiger partial charge < -0.3 is 20.3 Å². The second-order valence-corrected chi connectivity index (χ2v) is 7.37. The molecular weight excluding hydrogens is 340 g/mol. The number of methoxy groups -OCH3 is 1. The summed E-state index contributed by atoms with van der Waals surface area (Å²) >= 11 is 0. The number of benzene rings is 1. The lowest BCUT2D eigenvalue weighted by molar-refractivity contribution is 0.111. The minimum Gasteiger partial charge on any atom is -0.453 e. The maximum atomic E-state index is 11.5. The van der Waals surface area contributed by atoms with Crippen LogP contribution in [0.2, 0.25) is 0 Å². The topological polar surface area (TPSA) is 66.0 Å². The lowest BCUT2D eigenvalue weighted by Crippen LogP contribution is -2.49. The molecule has 150 valence electrons. The van der Waals surface area contributed by atoms with E-state index in [0.29, 0.717) is 25.0 Å². The molecule has 1 aliphatic rings. The molecule has 2 rings (SSSR count). The highest BCUT2D eigenvalue weighted by Gasteiger charge is 2.23. The van der Waals surface area contributed by atoms with Crippen molar-refractivity contribution >= 4 is 12.1 Å². The van der Waals surface area contributed by atoms with Gasteiger partial charge in [0.25, 0.3) is 0 Å². The molecule has 0 aromatic heterocycles. The van der Waals surface area contributed by atoms with Gasteiger partial charge in [0.05, 0.1) is 7.11 Å². The third-order valence-electron chi connectivity index (χ3n) is 5.07. The van der Waals surface area contributed by atoms with Gasteiger partial charge in [-0.15, -0.1) is 0 Å². The number of piperidine rings is 1. The Kier molecular flexibility index (Phi) is 8.43. The second-order valence-electron chi connectivity index (χ2n) is 7.37. The quantitative estimate of drug-likeness (QED) is 0.456. The van der Waals surface area contributed by atoms with Gasteiger partial charge in [0, 0.05) is 32.7 Å². The molecule has 2 N–H and O–H groups in total. The van der Waals surface area contributed by atoms with E-state index in [4.69, 9.17) is 4.74 Å². The largest absolute Gasteiger partial charge is 0.453 e. The van der Waals surface area contributed by atoms with Crippen molar-refractivity contribution in [1.29, 1.82) is 0 Å². The molecule has 0 saturated carbocycles. The standard InChI is InChI=1S/C21H34N4O2/c1-16(2)18-9-7-17(8-10-18)6-5-13-23-20(22-3)24-19-11-14-25(15-12-19)21(26)27-4/h7-10,16,19H,5-6,11-15H2,1-4H3,(H2,22,23,24). The van der Waals surface area contributed by atoms with Crippen LogP contribution in [0.1, 0.15) is 50.2 Å². The molecule has 0 radical (unpaired) electrons. The van der Waals surface area contributed by atoms with Gasteiger partial charge in [0.1, 0.15) is 0 Å². The van der Waals surface area contributed by atoms with Gasteiger partial charge >= 0.3 is 6.09 Å². The van der Waals surface area contributed by atoms with E-state index < -0.39 is 0 Å². The van der Waals surface area contributed by atoms with Crippen LogP contribution in [-0.4, -0.2) is 56.8 Å². The molecule has 0 aliphatic carbocycles. The summed E-state index contributed by atoms with van der Waals surface area (Å²) in [5.41, 5.74) is 2.76. The van der Waals surface area contributed by atoms with Crippen LogP contribution in [0.5, 0.6) is 0 Å². The number of carbonyl (C=O) groups is 1. The first-order chi connectivity index (χ1) is 13.0. The molecule has 0 bridgehead atoms. The molecule has 6 heteroatoms. The van der Waals surface area contributed by atoms with Crippen LogP contribution in [0.3, 0.4) is 0 Å². The number of hydrogen-bond donors (Lipinski definition) is 2. The van der Waals surface area contributed by atoms with Crippen LogP contribution in [0.25, 0.3) is 0 Å². The van der Waals surface area contributed by atoms with Crippen LogP contribution in [-0.2, 0) is 11.2 Å². The van der Waals surface area contributed by atoms with E-state index >= 15 is 0 Å². The molecule has 1 saturated heterocycles. The summed E-state index contributed by atoms with van der Waals surface area (Å²) in [5.74, 6) is 1.41. The van der Waals surface area contributed by atoms with Crippen LogP contribution >= 0.6 is 0 Å². The summed E-state index contributed by atoms with van der Waals surface area (Å²) in [6, 6.07) is 9.26. The van der Waals surface area contributed by atoms with Gasteiger partial charge in [-0.1, -0.05) is 38.1 Å². The molecule has 1 aromatic carbocycles. The number of aryl methyl sites for hydroxylation is 1. The fraction of sp³-hybridized carbons (Fsp3) is 0.619. The van der Waals surface area contributed by atoms with Crippen molar-refractivity contribution in [1.82, 2.24) is 15.5 Å². The predicted octanol–water partition coefficient (Wildman–Crippen LogP) is 3.14. The molecule has 1 aromatic rings. The summed E-state index contributed by atoms with van der Waals surface area (Å²) in [5, 5.41) is 6.86. The first kappa shape index (κ1) is 21.1. The van der Waals surface area contributed by atoms with Gasteiger partial charge in [-0.05, 0) is 42.7 Å². The number of amides is 1. The zero-order valence-electron chi connectivity index (χ0n) is 17.1. The first-order valence-electron chi connectivity index (χ1n) is 9.92. The Labute approximate surface area is 163 Å². The van der Waals surface area contributed by atoms with Crippen molar-refractivity contribution in [3.63, 3.8) is 0 Å². The highest BCUT2D eigenvalue weighted by atomic mass is 16.5. The van der Waals surface area contributed by atoms with Crippen LogP contribution in [0.15, 0.2) is 29.3 Å². The Bertz CT molecular complexity index is 605. The number of hydrogen-bond acceptors (Lipinski definition) is 3. The molecule has 0 spiro atoms. The van der Waals surface area contributed by atoms with E-state index in [1.807, 2.05) is 0 Å². The van der Waals surface area contributed by atoms with Gasteiger partial charge in [-0.2, -0.15) is 0 Å². The second kappa shape index (κ2) is 10.8. The molecule has 6 nitrogen and oxygen atoms in total. The number of carbonyl (C=O) groups excluding carboxylic acids is 1. The number of likely N-dealkylation sites (tertiary alicyclic amines) is 1. The molecule has 0 unspecified atom stereocenters. The summed E-state index contributed by atoms with van der Waals surface area (Å²) in [6.45, 7) is 6.75. The summed E-state index contributed by atoms with van der Waals surface area (Å²) in [6.07, 6.45) is 3.68. The van der Waals surface area contributed by atoms with Crippen molar-refractivity contribution in [2.24, 2.45) is 4.99 Å². The molecule has 0 atom stereocenters. The smallest absolute Gasteiger partial charge is 0.409 e. The maximum Gasteiger partial charge on any atom is 0.409 e. The van der Waals surface area contributed by atoms with Crippen molar-refractivity contribution < 1.29 is 9.53 Å². The zero-order chi connectivity index (χ0) is 19.6. The normalized spacial score (nSPS) is 15.7. The lowest BCUT2D eigenvalue weighted by atomic mass is 10.0. The van der Waals surface area contributed by atoms with E-state index in [2.05, 4.69) is 53.7 Å². The van der Waals surface area contributed by atoms with E-state index in [9.17, 15) is 4.79 Å². The van der Waals surface area contributed by atoms with E-state index in [-0.39, 0.29) is 6.09 Å². The zero-order valence-corrected chi connectivity index (χ0v) is 17.1. The Morgan fingerprint density at radius 3 is 2.48 bits per heavy atom. The molecule has 1 amide bonds. The van der Waals surface area contributed by atoms with Gasteiger partial charge in [0.15, 0.2) is 5.96 Å². The fourth-order valence-electron chi connectivity index (χ4n) is 3.29. The van der Waals surface area contributed by atoms with Crippen LogP contribution in [0, 0.1) is 0 Å². The number of nitrogens with zero attached hydrogens (tertiary/aromatic N) is 2. The number of rotatable bonds is 6. The lowest BCUT2D eigenvalue weighted by Gasteiger charge is -2.32. The number of aliphatic imine (C=N–C) groups is 1. The SMILES string of the molecule is CN=C(NCCCc1ccc(C(C)C)cc1)NC1CCN(C(=O)OC)CC1. The molecule has 1 aliphatic heterocycles. The molecular formula is C21H34N4O2. The highest BCUT2D eigenvalue weighted by Crippen LogP contribution is 2.15. The summed E-state index contributed by atoms with van der Waals surface area (Å²) < 4.78 is 4.78. The molecule has 1 fully saturated rings. The van der Waals surface area contributed by atoms with E-state index in [1.165, 1.54) is 18.2 Å². The van der Waals surface area contributed by atoms with Gasteiger partial charge in [0.2, 0.25) is 0 Å². The number of guanidine groups is 1. The third kappa shape index (κ3) is 6.77. The fourth-order valence-corrected chi connectivity index (χ4v) is 3.29. The Morgan fingerprint density at radius 2 is 1.93 bits per heavy atom. The van der Waals surface area contributed by atoms with Gasteiger partial charge in [-0.25, -0.2) is 4.79 Å². The maximum absolute atomic E-state index is 11.5. The molecule has 27 heavy (non-hydrogen) atoms. The van der Waals surface area contributed by atoms with Crippen molar-refractivity contribution in [2.75, 3.05) is 33.8 Å². The summed E-state index contributed by atoms with van der Waals surface area (Å²) in [4.78, 5) is 17.6. The third-order valence-corrected chi connectivity index (χ3v) is 5.07. The van der Waals surface area contributed by atoms with Gasteiger partial charge in [-0.3, -0.25) is 4.99 Å². The predicted molar refractivity (Wildman–Crippen MR) is 110 cm³/mol. The average Bonchev–Trinajstić information content (AvgIpc) is 2.70. The molecule has 1 heterocycles.